The number of carbonyl (C=O) groups is 2. The third-order valence-corrected chi connectivity index (χ3v) is 6.09. The van der Waals surface area contributed by atoms with E-state index in [9.17, 15) is 19.7 Å². The Labute approximate surface area is 201 Å². The Morgan fingerprint density at radius 1 is 1.09 bits per heavy atom. The van der Waals surface area contributed by atoms with Gasteiger partial charge in [0.1, 0.15) is 18.7 Å². The summed E-state index contributed by atoms with van der Waals surface area (Å²) in [5.74, 6) is 0.553. The lowest BCUT2D eigenvalue weighted by atomic mass is 10.1. The molecule has 0 aliphatic heterocycles. The largest absolute Gasteiger partial charge is 0.324 e. The molecular weight excluding hydrogens is 456 g/mol. The van der Waals surface area contributed by atoms with Crippen molar-refractivity contribution in [3.05, 3.63) is 70.8 Å². The Bertz CT molecular complexity index is 1150. The monoisotopic (exact) mass is 482 g/mol. The Hall–Kier alpha value is -3.73. The van der Waals surface area contributed by atoms with Crippen LogP contribution >= 0.6 is 11.8 Å². The molecule has 0 bridgehead atoms. The maximum atomic E-state index is 12.7. The number of rotatable bonds is 10. The van der Waals surface area contributed by atoms with E-state index in [4.69, 9.17) is 0 Å². The molecule has 10 nitrogen and oxygen atoms in total. The van der Waals surface area contributed by atoms with Crippen molar-refractivity contribution in [3.63, 3.8) is 0 Å². The first-order chi connectivity index (χ1) is 16.2. The molecule has 0 saturated heterocycles. The molecular formula is C23H26N6O4S. The summed E-state index contributed by atoms with van der Waals surface area (Å²) in [5, 5.41) is 21.0. The highest BCUT2D eigenvalue weighted by Crippen LogP contribution is 2.31. The van der Waals surface area contributed by atoms with E-state index in [1.165, 1.54) is 35.2 Å². The number of nitro groups is 1. The van der Waals surface area contributed by atoms with Crippen LogP contribution in [0.25, 0.3) is 0 Å². The first kappa shape index (κ1) is 24.9. The summed E-state index contributed by atoms with van der Waals surface area (Å²) >= 11 is 1.42. The fourth-order valence-corrected chi connectivity index (χ4v) is 4.21. The van der Waals surface area contributed by atoms with Gasteiger partial charge in [0.15, 0.2) is 0 Å². The van der Waals surface area contributed by atoms with Crippen LogP contribution in [-0.4, -0.2) is 37.3 Å². The van der Waals surface area contributed by atoms with Gasteiger partial charge in [-0.25, -0.2) is 9.67 Å². The molecule has 0 saturated carbocycles. The number of nitrogens with one attached hydrogen (secondary N) is 2. The second kappa shape index (κ2) is 11.4. The Balaban J connectivity index is 1.63. The Morgan fingerprint density at radius 2 is 1.76 bits per heavy atom. The van der Waals surface area contributed by atoms with Gasteiger partial charge in [-0.2, -0.15) is 5.10 Å². The molecule has 1 aromatic heterocycles. The van der Waals surface area contributed by atoms with E-state index in [1.54, 1.807) is 43.3 Å². The summed E-state index contributed by atoms with van der Waals surface area (Å²) in [4.78, 5) is 40.4. The molecule has 0 radical (unpaired) electrons. The molecule has 2 N–H and O–H groups in total. The van der Waals surface area contributed by atoms with Crippen LogP contribution in [0.1, 0.15) is 43.6 Å². The number of hydrogen-bond donors (Lipinski definition) is 2. The molecule has 34 heavy (non-hydrogen) atoms. The minimum atomic E-state index is -0.538. The highest BCUT2D eigenvalue weighted by Gasteiger charge is 2.19. The predicted octanol–water partition coefficient (Wildman–Crippen LogP) is 4.78. The quantitative estimate of drug-likeness (QED) is 0.241. The molecule has 0 aliphatic carbocycles. The molecule has 3 rings (SSSR count). The van der Waals surface area contributed by atoms with E-state index in [0.29, 0.717) is 22.2 Å². The fourth-order valence-electron chi connectivity index (χ4n) is 2.95. The van der Waals surface area contributed by atoms with Crippen LogP contribution in [0, 0.1) is 16.0 Å². The van der Waals surface area contributed by atoms with Gasteiger partial charge in [-0.3, -0.25) is 19.7 Å². The standard InChI is InChI=1S/C23H26N6O4S/c1-15(2)10-11-34-21-9-4-17(12-20(21)29(32)33)23(31)27-19-7-5-18(6-8-19)26-22(30)16(3)28-14-24-13-25-28/h4-9,12-16H,10-11H2,1-3H3,(H,26,30)(H,27,31). The van der Waals surface area contributed by atoms with Gasteiger partial charge in [0.25, 0.3) is 11.6 Å². The lowest BCUT2D eigenvalue weighted by Crippen LogP contribution is -2.24. The van der Waals surface area contributed by atoms with Gasteiger partial charge in [-0.15, -0.1) is 11.8 Å². The zero-order valence-corrected chi connectivity index (χ0v) is 19.9. The number of benzene rings is 2. The summed E-state index contributed by atoms with van der Waals surface area (Å²) in [7, 11) is 0. The van der Waals surface area contributed by atoms with Crippen LogP contribution in [0.4, 0.5) is 17.1 Å². The Kier molecular flexibility index (Phi) is 8.36. The van der Waals surface area contributed by atoms with Crippen molar-refractivity contribution in [2.45, 2.75) is 38.1 Å². The zero-order chi connectivity index (χ0) is 24.7. The third kappa shape index (κ3) is 6.64. The second-order valence-corrected chi connectivity index (χ2v) is 9.18. The van der Waals surface area contributed by atoms with Crippen LogP contribution in [0.2, 0.25) is 0 Å². The van der Waals surface area contributed by atoms with Gasteiger partial charge in [0.05, 0.1) is 9.82 Å². The number of carbonyl (C=O) groups excluding carboxylic acids is 2. The lowest BCUT2D eigenvalue weighted by Gasteiger charge is -2.12. The first-order valence-corrected chi connectivity index (χ1v) is 11.7. The SMILES string of the molecule is CC(C)CCSc1ccc(C(=O)Nc2ccc(NC(=O)C(C)n3cncn3)cc2)cc1[N+](=O)[O-]. The average Bonchev–Trinajstić information content (AvgIpc) is 3.34. The van der Waals surface area contributed by atoms with Gasteiger partial charge in [0.2, 0.25) is 5.91 Å². The van der Waals surface area contributed by atoms with Gasteiger partial charge in [0, 0.05) is 23.0 Å². The second-order valence-electron chi connectivity index (χ2n) is 8.04. The third-order valence-electron chi connectivity index (χ3n) is 4.99. The lowest BCUT2D eigenvalue weighted by molar-refractivity contribution is -0.387. The number of amides is 2. The summed E-state index contributed by atoms with van der Waals surface area (Å²) < 4.78 is 1.44. The number of hydrogen-bond acceptors (Lipinski definition) is 7. The van der Waals surface area contributed by atoms with Crippen molar-refractivity contribution in [3.8, 4) is 0 Å². The number of nitro benzene ring substituents is 1. The minimum absolute atomic E-state index is 0.0824. The highest BCUT2D eigenvalue weighted by molar-refractivity contribution is 7.99. The van der Waals surface area contributed by atoms with Crippen molar-refractivity contribution < 1.29 is 14.5 Å². The molecule has 1 atom stereocenters. The normalized spacial score (nSPS) is 11.8. The van der Waals surface area contributed by atoms with Crippen LogP contribution in [0.3, 0.4) is 0 Å². The highest BCUT2D eigenvalue weighted by atomic mass is 32.2. The average molecular weight is 483 g/mol. The van der Waals surface area contributed by atoms with E-state index in [-0.39, 0.29) is 17.2 Å². The zero-order valence-electron chi connectivity index (χ0n) is 19.1. The fraction of sp³-hybridized carbons (Fsp3) is 0.304. The van der Waals surface area contributed by atoms with Crippen molar-refractivity contribution >= 4 is 40.6 Å². The van der Waals surface area contributed by atoms with Crippen LogP contribution in [-0.2, 0) is 4.79 Å². The van der Waals surface area contributed by atoms with E-state index >= 15 is 0 Å². The summed E-state index contributed by atoms with van der Waals surface area (Å²) in [5.41, 5.74) is 1.15. The summed E-state index contributed by atoms with van der Waals surface area (Å²) in [6, 6.07) is 10.5. The molecule has 0 fully saturated rings. The topological polar surface area (TPSA) is 132 Å². The molecule has 2 aromatic carbocycles. The van der Waals surface area contributed by atoms with E-state index in [1.807, 2.05) is 0 Å². The molecule has 1 heterocycles. The predicted molar refractivity (Wildman–Crippen MR) is 131 cm³/mol. The maximum Gasteiger partial charge on any atom is 0.283 e. The van der Waals surface area contributed by atoms with E-state index in [0.717, 1.165) is 12.2 Å². The van der Waals surface area contributed by atoms with Crippen molar-refractivity contribution in [1.82, 2.24) is 14.8 Å². The van der Waals surface area contributed by atoms with Crippen molar-refractivity contribution in [2.24, 2.45) is 5.92 Å². The molecule has 3 aromatic rings. The smallest absolute Gasteiger partial charge is 0.283 e. The molecule has 0 spiro atoms. The molecule has 0 aliphatic rings. The molecule has 1 unspecified atom stereocenters. The van der Waals surface area contributed by atoms with Crippen LogP contribution in [0.15, 0.2) is 60.0 Å². The van der Waals surface area contributed by atoms with Crippen LogP contribution in [0.5, 0.6) is 0 Å². The van der Waals surface area contributed by atoms with Gasteiger partial charge >= 0.3 is 0 Å². The first-order valence-electron chi connectivity index (χ1n) is 10.7. The summed E-state index contributed by atoms with van der Waals surface area (Å²) in [6.07, 6.45) is 3.76. The van der Waals surface area contributed by atoms with Gasteiger partial charge < -0.3 is 10.6 Å². The van der Waals surface area contributed by atoms with Gasteiger partial charge in [-0.1, -0.05) is 13.8 Å². The maximum absolute atomic E-state index is 12.7. The summed E-state index contributed by atoms with van der Waals surface area (Å²) in [6.45, 7) is 5.90. The minimum Gasteiger partial charge on any atom is -0.324 e. The van der Waals surface area contributed by atoms with Crippen LogP contribution < -0.4 is 10.6 Å². The van der Waals surface area contributed by atoms with Crippen molar-refractivity contribution in [1.29, 1.82) is 0 Å². The molecule has 11 heteroatoms. The molecule has 2 amide bonds. The number of aromatic nitrogens is 3. The van der Waals surface area contributed by atoms with Crippen molar-refractivity contribution in [2.75, 3.05) is 16.4 Å². The number of nitrogens with zero attached hydrogens (tertiary/aromatic N) is 4. The molecule has 178 valence electrons. The van der Waals surface area contributed by atoms with E-state index < -0.39 is 16.9 Å². The van der Waals surface area contributed by atoms with Gasteiger partial charge in [-0.05, 0) is 61.4 Å². The van der Waals surface area contributed by atoms with E-state index in [2.05, 4.69) is 34.6 Å². The Morgan fingerprint density at radius 3 is 2.35 bits per heavy atom. The number of thioether (sulfide) groups is 1. The number of anilines is 2.